The number of nitrogens with one attached hydrogen (secondary N) is 2. The van der Waals surface area contributed by atoms with Gasteiger partial charge in [-0.2, -0.15) is 0 Å². The summed E-state index contributed by atoms with van der Waals surface area (Å²) in [6, 6.07) is 10.6. The second-order valence-corrected chi connectivity index (χ2v) is 10.3. The Morgan fingerprint density at radius 3 is 2.70 bits per heavy atom. The van der Waals surface area contributed by atoms with Crippen LogP contribution >= 0.6 is 0 Å². The van der Waals surface area contributed by atoms with Crippen LogP contribution in [0.25, 0.3) is 0 Å². The van der Waals surface area contributed by atoms with Gasteiger partial charge in [0.2, 0.25) is 12.3 Å². The van der Waals surface area contributed by atoms with Gasteiger partial charge in [0, 0.05) is 49.7 Å². The summed E-state index contributed by atoms with van der Waals surface area (Å²) in [4.78, 5) is 28.3. The largest absolute Gasteiger partial charge is 0.381 e. The lowest BCUT2D eigenvalue weighted by molar-refractivity contribution is -0.134. The molecular formula is C29H37FN4O3. The van der Waals surface area contributed by atoms with E-state index in [0.29, 0.717) is 30.6 Å². The van der Waals surface area contributed by atoms with Crippen LogP contribution in [0, 0.1) is 12.7 Å². The normalized spacial score (nSPS) is 22.4. The van der Waals surface area contributed by atoms with Crippen molar-refractivity contribution < 1.29 is 18.7 Å². The molecule has 2 aliphatic heterocycles. The van der Waals surface area contributed by atoms with E-state index >= 15 is 0 Å². The van der Waals surface area contributed by atoms with Gasteiger partial charge in [-0.3, -0.25) is 14.5 Å². The summed E-state index contributed by atoms with van der Waals surface area (Å²) in [5, 5.41) is 6.13. The van der Waals surface area contributed by atoms with Gasteiger partial charge in [0.1, 0.15) is 11.9 Å². The van der Waals surface area contributed by atoms with Gasteiger partial charge in [0.15, 0.2) is 0 Å². The summed E-state index contributed by atoms with van der Waals surface area (Å²) in [7, 11) is 0. The molecule has 8 heteroatoms. The van der Waals surface area contributed by atoms with Gasteiger partial charge in [-0.15, -0.1) is 0 Å². The molecule has 198 valence electrons. The van der Waals surface area contributed by atoms with E-state index in [-0.39, 0.29) is 30.5 Å². The van der Waals surface area contributed by atoms with E-state index in [4.69, 9.17) is 4.74 Å². The van der Waals surface area contributed by atoms with E-state index in [1.54, 1.807) is 0 Å². The molecule has 2 aromatic carbocycles. The third-order valence-electron chi connectivity index (χ3n) is 7.09. The summed E-state index contributed by atoms with van der Waals surface area (Å²) < 4.78 is 20.6. The lowest BCUT2D eigenvalue weighted by Crippen LogP contribution is -2.48. The standard InChI is InChI=1S/C29H37FN4O3/c1-19-6-5-7-27(25(19)17-34(18-35)28-11-8-20(2)32-29(28)36)31-13-24-12-23(9-10-26(24)30)16-33-14-21(3)37-22(4)15-33/h5-7,9-10,12,18,21-22,28,31H,2,8,11,13-17H2,1,3-4H3,(H,32,36). The molecule has 2 aromatic rings. The molecule has 4 rings (SSSR count). The zero-order valence-corrected chi connectivity index (χ0v) is 21.9. The number of hydrogen-bond donors (Lipinski definition) is 2. The summed E-state index contributed by atoms with van der Waals surface area (Å²) in [5.74, 6) is -0.475. The Hall–Kier alpha value is -3.23. The first kappa shape index (κ1) is 26.8. The van der Waals surface area contributed by atoms with Crippen LogP contribution in [0.4, 0.5) is 10.1 Å². The van der Waals surface area contributed by atoms with Crippen LogP contribution < -0.4 is 10.6 Å². The minimum atomic E-state index is -0.546. The Kier molecular flexibility index (Phi) is 8.61. The maximum atomic E-state index is 14.8. The van der Waals surface area contributed by atoms with Crippen LogP contribution in [-0.2, 0) is 34.0 Å². The first-order valence-corrected chi connectivity index (χ1v) is 12.9. The summed E-state index contributed by atoms with van der Waals surface area (Å²) >= 11 is 0. The Balaban J connectivity index is 1.47. The summed E-state index contributed by atoms with van der Waals surface area (Å²) in [6.07, 6.45) is 2.25. The number of halogens is 1. The van der Waals surface area contributed by atoms with Gasteiger partial charge in [0.05, 0.1) is 12.2 Å². The molecule has 2 N–H and O–H groups in total. The third-order valence-corrected chi connectivity index (χ3v) is 7.09. The summed E-state index contributed by atoms with van der Waals surface area (Å²) in [6.45, 7) is 13.0. The lowest BCUT2D eigenvalue weighted by atomic mass is 10.0. The van der Waals surface area contributed by atoms with Gasteiger partial charge < -0.3 is 20.3 Å². The van der Waals surface area contributed by atoms with Crippen molar-refractivity contribution in [2.45, 2.75) is 71.5 Å². The molecule has 37 heavy (non-hydrogen) atoms. The average Bonchev–Trinajstić information content (AvgIpc) is 2.84. The molecule has 3 atom stereocenters. The Morgan fingerprint density at radius 1 is 1.24 bits per heavy atom. The highest BCUT2D eigenvalue weighted by molar-refractivity contribution is 5.86. The number of benzene rings is 2. The Labute approximate surface area is 218 Å². The van der Waals surface area contributed by atoms with Crippen LogP contribution in [0.5, 0.6) is 0 Å². The molecule has 0 spiro atoms. The number of anilines is 1. The molecule has 2 fully saturated rings. The highest BCUT2D eigenvalue weighted by atomic mass is 19.1. The van der Waals surface area contributed by atoms with Crippen LogP contribution in [-0.4, -0.2) is 53.5 Å². The number of carbonyl (C=O) groups is 2. The van der Waals surface area contributed by atoms with Crippen molar-refractivity contribution >= 4 is 18.0 Å². The second kappa shape index (κ2) is 11.9. The van der Waals surface area contributed by atoms with E-state index in [1.165, 1.54) is 11.0 Å². The van der Waals surface area contributed by atoms with Crippen LogP contribution in [0.3, 0.4) is 0 Å². The lowest BCUT2D eigenvalue weighted by Gasteiger charge is -2.35. The van der Waals surface area contributed by atoms with Crippen molar-refractivity contribution in [3.63, 3.8) is 0 Å². The maximum Gasteiger partial charge on any atom is 0.246 e. The van der Waals surface area contributed by atoms with Crippen molar-refractivity contribution in [1.82, 2.24) is 15.1 Å². The number of nitrogens with zero attached hydrogens (tertiary/aromatic N) is 2. The molecule has 0 radical (unpaired) electrons. The predicted octanol–water partition coefficient (Wildman–Crippen LogP) is 4.11. The number of rotatable bonds is 9. The molecule has 0 aromatic heterocycles. The van der Waals surface area contributed by atoms with Crippen molar-refractivity contribution in [3.8, 4) is 0 Å². The van der Waals surface area contributed by atoms with Crippen LogP contribution in [0.1, 0.15) is 48.9 Å². The first-order valence-electron chi connectivity index (χ1n) is 12.9. The van der Waals surface area contributed by atoms with Gasteiger partial charge in [0.25, 0.3) is 0 Å². The number of ether oxygens (including phenoxy) is 1. The molecule has 3 unspecified atom stereocenters. The number of hydrogen-bond acceptors (Lipinski definition) is 5. The fraction of sp³-hybridized carbons (Fsp3) is 0.448. The molecule has 0 bridgehead atoms. The number of morpholine rings is 1. The molecule has 2 saturated heterocycles. The van der Waals surface area contributed by atoms with Crippen LogP contribution in [0.2, 0.25) is 0 Å². The predicted molar refractivity (Wildman–Crippen MR) is 142 cm³/mol. The Bertz CT molecular complexity index is 1140. The first-order chi connectivity index (χ1) is 17.7. The molecule has 0 aliphatic carbocycles. The van der Waals surface area contributed by atoms with Gasteiger partial charge in [-0.05, 0) is 68.5 Å². The zero-order valence-electron chi connectivity index (χ0n) is 21.9. The average molecular weight is 509 g/mol. The van der Waals surface area contributed by atoms with Gasteiger partial charge >= 0.3 is 0 Å². The van der Waals surface area contributed by atoms with Crippen molar-refractivity contribution in [2.75, 3.05) is 18.4 Å². The molecule has 2 amide bonds. The molecule has 0 saturated carbocycles. The second-order valence-electron chi connectivity index (χ2n) is 10.3. The summed E-state index contributed by atoms with van der Waals surface area (Å²) in [5.41, 5.74) is 5.01. The highest BCUT2D eigenvalue weighted by Crippen LogP contribution is 2.26. The third kappa shape index (κ3) is 6.76. The monoisotopic (exact) mass is 508 g/mol. The number of carbonyl (C=O) groups excluding carboxylic acids is 2. The SMILES string of the molecule is C=C1CCC(N(C=O)Cc2c(C)cccc2NCc2cc(CN3CC(C)OC(C)C3)ccc2F)C(=O)N1. The van der Waals surface area contributed by atoms with E-state index in [0.717, 1.165) is 48.4 Å². The van der Waals surface area contributed by atoms with Crippen LogP contribution in [0.15, 0.2) is 48.7 Å². The number of allylic oxidation sites excluding steroid dienone is 1. The van der Waals surface area contributed by atoms with E-state index < -0.39 is 6.04 Å². The number of amides is 2. The van der Waals surface area contributed by atoms with Gasteiger partial charge in [-0.1, -0.05) is 24.8 Å². The minimum Gasteiger partial charge on any atom is -0.381 e. The van der Waals surface area contributed by atoms with E-state index in [2.05, 4.69) is 36.0 Å². The van der Waals surface area contributed by atoms with Crippen molar-refractivity contribution in [2.24, 2.45) is 0 Å². The smallest absolute Gasteiger partial charge is 0.246 e. The highest BCUT2D eigenvalue weighted by Gasteiger charge is 2.30. The van der Waals surface area contributed by atoms with E-state index in [1.807, 2.05) is 37.3 Å². The van der Waals surface area contributed by atoms with E-state index in [9.17, 15) is 14.0 Å². The topological polar surface area (TPSA) is 73.9 Å². The molecule has 2 aliphatic rings. The van der Waals surface area contributed by atoms with Crippen molar-refractivity contribution in [1.29, 1.82) is 0 Å². The van der Waals surface area contributed by atoms with Crippen molar-refractivity contribution in [3.05, 3.63) is 76.7 Å². The minimum absolute atomic E-state index is 0.175. The van der Waals surface area contributed by atoms with Gasteiger partial charge in [-0.25, -0.2) is 4.39 Å². The fourth-order valence-corrected chi connectivity index (χ4v) is 5.28. The zero-order chi connectivity index (χ0) is 26.5. The maximum absolute atomic E-state index is 14.8. The quantitative estimate of drug-likeness (QED) is 0.499. The molecule has 2 heterocycles. The number of piperidine rings is 1. The number of aryl methyl sites for hydroxylation is 1. The Morgan fingerprint density at radius 2 is 2.00 bits per heavy atom. The molecular weight excluding hydrogens is 471 g/mol. The molecule has 7 nitrogen and oxygen atoms in total. The fourth-order valence-electron chi connectivity index (χ4n) is 5.28.